The molecular formula is C19H34O4SSi. The van der Waals surface area contributed by atoms with Gasteiger partial charge in [-0.05, 0) is 58.8 Å². The molecule has 1 rings (SSSR count). The number of aryl methyl sites for hydroxylation is 1. The van der Waals surface area contributed by atoms with E-state index in [1.54, 1.807) is 11.3 Å². The maximum Gasteiger partial charge on any atom is 0.306 e. The highest BCUT2D eigenvalue weighted by Gasteiger charge is 2.37. The van der Waals surface area contributed by atoms with Crippen LogP contribution in [0.1, 0.15) is 58.6 Å². The average Bonchev–Trinajstić information content (AvgIpc) is 2.88. The number of carbonyl (C=O) groups is 1. The number of aliphatic carboxylic acids is 1. The van der Waals surface area contributed by atoms with Crippen LogP contribution in [0.4, 0.5) is 0 Å². The molecule has 0 aliphatic carbocycles. The fourth-order valence-electron chi connectivity index (χ4n) is 2.36. The van der Waals surface area contributed by atoms with E-state index in [-0.39, 0.29) is 17.4 Å². The summed E-state index contributed by atoms with van der Waals surface area (Å²) in [7, 11) is -1.81. The molecule has 6 heteroatoms. The van der Waals surface area contributed by atoms with Gasteiger partial charge in [-0.25, -0.2) is 0 Å². The van der Waals surface area contributed by atoms with Crippen molar-refractivity contribution in [2.45, 2.75) is 84.2 Å². The Morgan fingerprint density at radius 2 is 1.80 bits per heavy atom. The number of carboxylic acid groups (broad SMARTS) is 1. The van der Waals surface area contributed by atoms with E-state index in [2.05, 4.69) is 44.6 Å². The Morgan fingerprint density at radius 3 is 2.28 bits per heavy atom. The summed E-state index contributed by atoms with van der Waals surface area (Å²) in [6.45, 7) is 15.5. The topological polar surface area (TPSA) is 66.8 Å². The van der Waals surface area contributed by atoms with Gasteiger partial charge in [0.05, 0.1) is 18.6 Å². The number of carboxylic acids is 1. The second-order valence-corrected chi connectivity index (χ2v) is 14.4. The molecule has 0 amide bonds. The van der Waals surface area contributed by atoms with Crippen molar-refractivity contribution in [1.82, 2.24) is 0 Å². The summed E-state index contributed by atoms with van der Waals surface area (Å²) in [6.07, 6.45) is 0.896. The molecule has 1 unspecified atom stereocenters. The van der Waals surface area contributed by atoms with Gasteiger partial charge in [-0.1, -0.05) is 34.6 Å². The van der Waals surface area contributed by atoms with E-state index in [1.165, 1.54) is 0 Å². The van der Waals surface area contributed by atoms with Crippen molar-refractivity contribution in [3.05, 3.63) is 21.9 Å². The van der Waals surface area contributed by atoms with Crippen molar-refractivity contribution >= 4 is 25.6 Å². The van der Waals surface area contributed by atoms with Crippen molar-refractivity contribution in [1.29, 1.82) is 0 Å². The van der Waals surface area contributed by atoms with E-state index in [4.69, 9.17) is 9.53 Å². The van der Waals surface area contributed by atoms with E-state index >= 15 is 0 Å². The van der Waals surface area contributed by atoms with Crippen LogP contribution in [0.2, 0.25) is 18.1 Å². The highest BCUT2D eigenvalue weighted by atomic mass is 32.1. The first-order valence-corrected chi connectivity index (χ1v) is 12.8. The van der Waals surface area contributed by atoms with Crippen LogP contribution in [0.3, 0.4) is 0 Å². The van der Waals surface area contributed by atoms with Crippen LogP contribution in [-0.4, -0.2) is 30.1 Å². The second kappa shape index (κ2) is 8.33. The van der Waals surface area contributed by atoms with Gasteiger partial charge in [0.15, 0.2) is 8.32 Å². The number of aliphatic hydroxyl groups is 1. The zero-order valence-electron chi connectivity index (χ0n) is 16.7. The predicted octanol–water partition coefficient (Wildman–Crippen LogP) is 5.06. The zero-order valence-corrected chi connectivity index (χ0v) is 18.5. The monoisotopic (exact) mass is 386 g/mol. The number of thiophene rings is 1. The molecule has 0 aliphatic rings. The van der Waals surface area contributed by atoms with Gasteiger partial charge < -0.3 is 14.6 Å². The highest BCUT2D eigenvalue weighted by molar-refractivity contribution is 7.08. The van der Waals surface area contributed by atoms with Crippen LogP contribution in [0.15, 0.2) is 10.8 Å². The summed E-state index contributed by atoms with van der Waals surface area (Å²) < 4.78 is 6.31. The molecule has 0 fully saturated rings. The Kier molecular flexibility index (Phi) is 7.45. The van der Waals surface area contributed by atoms with Crippen LogP contribution >= 0.6 is 11.3 Å². The largest absolute Gasteiger partial charge is 0.481 e. The third kappa shape index (κ3) is 6.20. The Labute approximate surface area is 157 Å². The van der Waals surface area contributed by atoms with Crippen LogP contribution in [0.5, 0.6) is 0 Å². The molecule has 0 bridgehead atoms. The third-order valence-electron chi connectivity index (χ3n) is 5.59. The smallest absolute Gasteiger partial charge is 0.306 e. The summed E-state index contributed by atoms with van der Waals surface area (Å²) in [5.41, 5.74) is 1.15. The summed E-state index contributed by atoms with van der Waals surface area (Å²) >= 11 is 1.63. The molecular weight excluding hydrogens is 352 g/mol. The van der Waals surface area contributed by atoms with Crippen molar-refractivity contribution in [2.24, 2.45) is 5.92 Å². The van der Waals surface area contributed by atoms with Crippen LogP contribution in [0.25, 0.3) is 0 Å². The van der Waals surface area contributed by atoms with Gasteiger partial charge in [-0.2, -0.15) is 11.3 Å². The van der Waals surface area contributed by atoms with E-state index in [0.29, 0.717) is 19.4 Å². The summed E-state index contributed by atoms with van der Waals surface area (Å²) in [5, 5.41) is 24.2. The molecule has 1 heterocycles. The lowest BCUT2D eigenvalue weighted by Gasteiger charge is -2.36. The van der Waals surface area contributed by atoms with Gasteiger partial charge in [0.25, 0.3) is 0 Å². The number of hydrogen-bond acceptors (Lipinski definition) is 4. The van der Waals surface area contributed by atoms with E-state index < -0.39 is 19.9 Å². The molecule has 1 aromatic heterocycles. The molecule has 25 heavy (non-hydrogen) atoms. The van der Waals surface area contributed by atoms with Gasteiger partial charge in [0, 0.05) is 0 Å². The van der Waals surface area contributed by atoms with E-state index in [1.807, 2.05) is 13.8 Å². The Balaban J connectivity index is 2.77. The average molecular weight is 387 g/mol. The Hall–Kier alpha value is -0.693. The maximum atomic E-state index is 11.1. The molecule has 0 saturated heterocycles. The minimum absolute atomic E-state index is 0.103. The molecule has 0 radical (unpaired) electrons. The quantitative estimate of drug-likeness (QED) is 0.582. The molecule has 4 nitrogen and oxygen atoms in total. The molecule has 1 aromatic rings. The molecule has 2 N–H and O–H groups in total. The van der Waals surface area contributed by atoms with Gasteiger partial charge in [0.1, 0.15) is 0 Å². The Morgan fingerprint density at radius 1 is 1.24 bits per heavy atom. The first kappa shape index (κ1) is 22.3. The van der Waals surface area contributed by atoms with Gasteiger partial charge in [-0.15, -0.1) is 0 Å². The SMILES string of the molecule is CC(C)C(O)(CCc1cscc1CO[Si](C)(C)C(C)(C)C)CC(=O)O. The first-order chi connectivity index (χ1) is 11.3. The van der Waals surface area contributed by atoms with Crippen molar-refractivity contribution in [2.75, 3.05) is 0 Å². The minimum atomic E-state index is -1.81. The zero-order chi connectivity index (χ0) is 19.5. The van der Waals surface area contributed by atoms with E-state index in [9.17, 15) is 9.90 Å². The van der Waals surface area contributed by atoms with Crippen molar-refractivity contribution < 1.29 is 19.4 Å². The predicted molar refractivity (Wildman–Crippen MR) is 107 cm³/mol. The lowest BCUT2D eigenvalue weighted by molar-refractivity contribution is -0.145. The van der Waals surface area contributed by atoms with Gasteiger partial charge in [0.2, 0.25) is 0 Å². The highest BCUT2D eigenvalue weighted by Crippen LogP contribution is 2.37. The Bertz CT molecular complexity index is 574. The standard InChI is InChI=1S/C19H34O4SSi/c1-14(2)19(22,10-17(20)21)9-8-15-12-24-13-16(15)11-23-25(6,7)18(3,4)5/h12-14,22H,8-11H2,1-7H3,(H,20,21). The second-order valence-electron chi connectivity index (χ2n) is 8.80. The lowest BCUT2D eigenvalue weighted by Crippen LogP contribution is -2.40. The number of hydrogen-bond donors (Lipinski definition) is 2. The minimum Gasteiger partial charge on any atom is -0.481 e. The first-order valence-electron chi connectivity index (χ1n) is 8.90. The van der Waals surface area contributed by atoms with Gasteiger partial charge >= 0.3 is 5.97 Å². The molecule has 0 aliphatic heterocycles. The normalized spacial score (nSPS) is 15.4. The fraction of sp³-hybridized carbons (Fsp3) is 0.737. The van der Waals surface area contributed by atoms with Crippen LogP contribution in [0, 0.1) is 5.92 Å². The van der Waals surface area contributed by atoms with Crippen molar-refractivity contribution in [3.8, 4) is 0 Å². The van der Waals surface area contributed by atoms with Crippen molar-refractivity contribution in [3.63, 3.8) is 0 Å². The molecule has 144 valence electrons. The molecule has 0 aromatic carbocycles. The van der Waals surface area contributed by atoms with E-state index in [0.717, 1.165) is 11.1 Å². The fourth-order valence-corrected chi connectivity index (χ4v) is 4.20. The number of rotatable bonds is 9. The summed E-state index contributed by atoms with van der Waals surface area (Å²) in [5.74, 6) is -1.06. The molecule has 0 spiro atoms. The third-order valence-corrected chi connectivity index (χ3v) is 10.9. The molecule has 0 saturated carbocycles. The summed E-state index contributed by atoms with van der Waals surface area (Å²) in [4.78, 5) is 11.1. The van der Waals surface area contributed by atoms with Crippen LogP contribution < -0.4 is 0 Å². The van der Waals surface area contributed by atoms with Gasteiger partial charge in [-0.3, -0.25) is 4.79 Å². The summed E-state index contributed by atoms with van der Waals surface area (Å²) in [6, 6.07) is 0. The van der Waals surface area contributed by atoms with Crippen LogP contribution in [-0.2, 0) is 22.2 Å². The lowest BCUT2D eigenvalue weighted by atomic mass is 9.82. The maximum absolute atomic E-state index is 11.1. The molecule has 1 atom stereocenters.